The van der Waals surface area contributed by atoms with E-state index in [1.54, 1.807) is 19.2 Å². The van der Waals surface area contributed by atoms with Gasteiger partial charge in [-0.2, -0.15) is 0 Å². The Kier molecular flexibility index (Phi) is 6.25. The van der Waals surface area contributed by atoms with Gasteiger partial charge in [0.1, 0.15) is 12.4 Å². The molecule has 1 unspecified atom stereocenters. The molecule has 0 fully saturated rings. The lowest BCUT2D eigenvalue weighted by molar-refractivity contribution is -0.907. The third kappa shape index (κ3) is 5.12. The van der Waals surface area contributed by atoms with Gasteiger partial charge in [0.05, 0.1) is 7.05 Å². The summed E-state index contributed by atoms with van der Waals surface area (Å²) in [5, 5.41) is 5.37. The maximum atomic E-state index is 12.9. The van der Waals surface area contributed by atoms with Crippen molar-refractivity contribution in [1.29, 1.82) is 0 Å². The van der Waals surface area contributed by atoms with Gasteiger partial charge in [0.15, 0.2) is 6.04 Å². The summed E-state index contributed by atoms with van der Waals surface area (Å²) in [6.45, 7) is 2.49. The van der Waals surface area contributed by atoms with E-state index in [-0.39, 0.29) is 23.7 Å². The maximum absolute atomic E-state index is 12.9. The number of quaternary nitrogens is 1. The normalized spacial score (nSPS) is 13.0. The van der Waals surface area contributed by atoms with Crippen LogP contribution < -0.4 is 15.5 Å². The van der Waals surface area contributed by atoms with E-state index in [0.717, 1.165) is 10.5 Å². The van der Waals surface area contributed by atoms with E-state index in [9.17, 15) is 14.0 Å². The van der Waals surface area contributed by atoms with Crippen LogP contribution in [0, 0.1) is 5.82 Å². The van der Waals surface area contributed by atoms with Gasteiger partial charge in [0, 0.05) is 23.9 Å². The summed E-state index contributed by atoms with van der Waals surface area (Å²) in [5.41, 5.74) is 2.21. The minimum Gasteiger partial charge on any atom is -0.355 e. The van der Waals surface area contributed by atoms with Crippen LogP contribution in [-0.2, 0) is 11.3 Å². The molecule has 2 rings (SSSR count). The van der Waals surface area contributed by atoms with Gasteiger partial charge in [-0.3, -0.25) is 9.59 Å². The molecule has 0 heterocycles. The summed E-state index contributed by atoms with van der Waals surface area (Å²) in [6, 6.07) is 12.7. The highest BCUT2D eigenvalue weighted by Gasteiger charge is 2.22. The monoisotopic (exact) mass is 344 g/mol. The van der Waals surface area contributed by atoms with Gasteiger partial charge in [-0.25, -0.2) is 4.39 Å². The molecule has 132 valence electrons. The molecule has 0 aliphatic heterocycles. The second-order valence-corrected chi connectivity index (χ2v) is 6.02. The molecular formula is C19H23FN3O2+. The van der Waals surface area contributed by atoms with E-state index < -0.39 is 0 Å². The molecule has 0 saturated heterocycles. The predicted octanol–water partition coefficient (Wildman–Crippen LogP) is 1.23. The lowest BCUT2D eigenvalue weighted by Gasteiger charge is -2.21. The Hall–Kier alpha value is -2.73. The molecular weight excluding hydrogens is 321 g/mol. The number of anilines is 1. The SMILES string of the molecule is CNC(=O)c1ccc(C[NH+](C)[C@H](C)C(=O)Nc2ccc(F)cc2)cc1. The van der Waals surface area contributed by atoms with Crippen LogP contribution in [0.3, 0.4) is 0 Å². The average Bonchev–Trinajstić information content (AvgIpc) is 2.62. The number of likely N-dealkylation sites (N-methyl/N-ethyl adjacent to an activating group) is 1. The molecule has 0 aromatic heterocycles. The van der Waals surface area contributed by atoms with Gasteiger partial charge in [-0.1, -0.05) is 12.1 Å². The number of hydrogen-bond donors (Lipinski definition) is 3. The van der Waals surface area contributed by atoms with Gasteiger partial charge in [0.2, 0.25) is 0 Å². The van der Waals surface area contributed by atoms with Gasteiger partial charge >= 0.3 is 0 Å². The minimum atomic E-state index is -0.339. The second kappa shape index (κ2) is 8.39. The highest BCUT2D eigenvalue weighted by atomic mass is 19.1. The van der Waals surface area contributed by atoms with Crippen molar-refractivity contribution in [2.75, 3.05) is 19.4 Å². The fourth-order valence-electron chi connectivity index (χ4n) is 2.40. The standard InChI is InChI=1S/C19H22FN3O2/c1-13(18(24)22-17-10-8-16(20)9-11-17)23(3)12-14-4-6-15(7-5-14)19(25)21-2/h4-11,13H,12H2,1-3H3,(H,21,25)(H,22,24)/p+1/t13-/m1/s1. The van der Waals surface area contributed by atoms with Crippen LogP contribution in [0.2, 0.25) is 0 Å². The molecule has 0 bridgehead atoms. The molecule has 2 amide bonds. The molecule has 3 N–H and O–H groups in total. The van der Waals surface area contributed by atoms with Crippen molar-refractivity contribution < 1.29 is 18.9 Å². The maximum Gasteiger partial charge on any atom is 0.282 e. The lowest BCUT2D eigenvalue weighted by Crippen LogP contribution is -3.12. The summed E-state index contributed by atoms with van der Waals surface area (Å²) in [6.07, 6.45) is 0. The molecule has 0 aliphatic carbocycles. The summed E-state index contributed by atoms with van der Waals surface area (Å²) >= 11 is 0. The zero-order valence-corrected chi connectivity index (χ0v) is 14.6. The highest BCUT2D eigenvalue weighted by Crippen LogP contribution is 2.08. The number of rotatable bonds is 6. The van der Waals surface area contributed by atoms with Crippen LogP contribution in [0.5, 0.6) is 0 Å². The summed E-state index contributed by atoms with van der Waals surface area (Å²) in [4.78, 5) is 24.9. The molecule has 0 aliphatic rings. The fourth-order valence-corrected chi connectivity index (χ4v) is 2.40. The molecule has 6 heteroatoms. The van der Waals surface area contributed by atoms with Crippen molar-refractivity contribution in [3.8, 4) is 0 Å². The van der Waals surface area contributed by atoms with E-state index in [0.29, 0.717) is 17.8 Å². The minimum absolute atomic E-state index is 0.126. The Labute approximate surface area is 146 Å². The molecule has 2 aromatic carbocycles. The van der Waals surface area contributed by atoms with Gasteiger partial charge in [-0.15, -0.1) is 0 Å². The number of hydrogen-bond acceptors (Lipinski definition) is 2. The van der Waals surface area contributed by atoms with Crippen LogP contribution in [0.15, 0.2) is 48.5 Å². The fraction of sp³-hybridized carbons (Fsp3) is 0.263. The Bertz CT molecular complexity index is 729. The third-order valence-electron chi connectivity index (χ3n) is 4.17. The zero-order valence-electron chi connectivity index (χ0n) is 14.6. The molecule has 0 spiro atoms. The van der Waals surface area contributed by atoms with E-state index in [1.165, 1.54) is 24.3 Å². The number of carbonyl (C=O) groups is 2. The first-order valence-electron chi connectivity index (χ1n) is 8.10. The Morgan fingerprint density at radius 1 is 1.08 bits per heavy atom. The average molecular weight is 344 g/mol. The Morgan fingerprint density at radius 2 is 1.68 bits per heavy atom. The molecule has 2 aromatic rings. The van der Waals surface area contributed by atoms with E-state index in [1.807, 2.05) is 26.1 Å². The van der Waals surface area contributed by atoms with E-state index in [2.05, 4.69) is 10.6 Å². The van der Waals surface area contributed by atoms with E-state index in [4.69, 9.17) is 0 Å². The zero-order chi connectivity index (χ0) is 18.4. The number of nitrogens with one attached hydrogen (secondary N) is 3. The van der Waals surface area contributed by atoms with Crippen LogP contribution in [0.4, 0.5) is 10.1 Å². The molecule has 0 radical (unpaired) electrons. The van der Waals surface area contributed by atoms with Crippen molar-refractivity contribution >= 4 is 17.5 Å². The van der Waals surface area contributed by atoms with Gasteiger partial charge < -0.3 is 15.5 Å². The molecule has 0 saturated carbocycles. The second-order valence-electron chi connectivity index (χ2n) is 6.02. The van der Waals surface area contributed by atoms with Crippen LogP contribution >= 0.6 is 0 Å². The topological polar surface area (TPSA) is 62.6 Å². The Morgan fingerprint density at radius 3 is 2.24 bits per heavy atom. The number of benzene rings is 2. The smallest absolute Gasteiger partial charge is 0.282 e. The van der Waals surface area contributed by atoms with Gasteiger partial charge in [-0.05, 0) is 43.3 Å². The number of amides is 2. The van der Waals surface area contributed by atoms with Gasteiger partial charge in [0.25, 0.3) is 11.8 Å². The number of halogens is 1. The predicted molar refractivity (Wildman–Crippen MR) is 94.9 cm³/mol. The largest absolute Gasteiger partial charge is 0.355 e. The Balaban J connectivity index is 1.94. The lowest BCUT2D eigenvalue weighted by atomic mass is 10.1. The van der Waals surface area contributed by atoms with Crippen molar-refractivity contribution in [2.24, 2.45) is 0 Å². The first-order valence-corrected chi connectivity index (χ1v) is 8.10. The summed E-state index contributed by atoms with van der Waals surface area (Å²) in [7, 11) is 3.52. The van der Waals surface area contributed by atoms with Crippen LogP contribution in [0.25, 0.3) is 0 Å². The van der Waals surface area contributed by atoms with Crippen molar-refractivity contribution in [3.05, 3.63) is 65.5 Å². The first-order chi connectivity index (χ1) is 11.9. The molecule has 5 nitrogen and oxygen atoms in total. The third-order valence-corrected chi connectivity index (χ3v) is 4.17. The summed E-state index contributed by atoms with van der Waals surface area (Å²) in [5.74, 6) is -0.598. The molecule has 2 atom stereocenters. The first kappa shape index (κ1) is 18.6. The summed E-state index contributed by atoms with van der Waals surface area (Å²) < 4.78 is 12.9. The molecule has 25 heavy (non-hydrogen) atoms. The van der Waals surface area contributed by atoms with Crippen molar-refractivity contribution in [2.45, 2.75) is 19.5 Å². The van der Waals surface area contributed by atoms with Crippen LogP contribution in [-0.4, -0.2) is 32.0 Å². The van der Waals surface area contributed by atoms with Crippen molar-refractivity contribution in [3.63, 3.8) is 0 Å². The van der Waals surface area contributed by atoms with Crippen molar-refractivity contribution in [1.82, 2.24) is 5.32 Å². The van der Waals surface area contributed by atoms with E-state index >= 15 is 0 Å². The van der Waals surface area contributed by atoms with Crippen LogP contribution in [0.1, 0.15) is 22.8 Å². The highest BCUT2D eigenvalue weighted by molar-refractivity contribution is 5.94. The number of carbonyl (C=O) groups excluding carboxylic acids is 2. The quantitative estimate of drug-likeness (QED) is 0.738.